The molecule has 1 nitrogen and oxygen atoms in total. The molecule has 0 bridgehead atoms. The van der Waals surface area contributed by atoms with Gasteiger partial charge >= 0.3 is 0 Å². The molecule has 4 aliphatic carbocycles. The van der Waals surface area contributed by atoms with Gasteiger partial charge in [0.25, 0.3) is 0 Å². The Kier molecular flexibility index (Phi) is 5.62. The lowest BCUT2D eigenvalue weighted by atomic mass is 9.51. The van der Waals surface area contributed by atoms with Gasteiger partial charge in [0.1, 0.15) is 0 Å². The van der Waals surface area contributed by atoms with Gasteiger partial charge in [0.15, 0.2) is 0 Å². The molecular formula is C27H44O. The van der Waals surface area contributed by atoms with Crippen molar-refractivity contribution < 1.29 is 5.11 Å². The van der Waals surface area contributed by atoms with Crippen LogP contribution in [-0.2, 0) is 0 Å². The normalized spacial score (nSPS) is 39.9. The Hall–Kier alpha value is -0.560. The largest absolute Gasteiger partial charge is 0.393 e. The molecule has 1 N–H and O–H groups in total. The summed E-state index contributed by atoms with van der Waals surface area (Å²) in [7, 11) is 0. The molecule has 1 heteroatoms. The molecular weight excluding hydrogens is 340 g/mol. The minimum Gasteiger partial charge on any atom is -0.393 e. The molecule has 1 fully saturated rings. The number of aliphatic hydroxyl groups is 1. The summed E-state index contributed by atoms with van der Waals surface area (Å²) in [6, 6.07) is 0. The minimum absolute atomic E-state index is 0.140. The lowest BCUT2D eigenvalue weighted by Gasteiger charge is -2.53. The number of fused-ring (bicyclic) bond motifs is 4. The van der Waals surface area contributed by atoms with Gasteiger partial charge in [-0.15, -0.1) is 0 Å². The standard InChI is InChI=1S/C27H44O/c1-18(2)9-14-25(28)19(3)22-12-13-23-21-11-10-20-8-6-7-16-26(20,4)24(21)15-17-27(22,23)5/h13,18-20,22,25,28H,6-12,14-17H2,1-5H3/t19-,20?,22+,25?,26-,27+/m0/s1. The van der Waals surface area contributed by atoms with E-state index >= 15 is 0 Å². The summed E-state index contributed by atoms with van der Waals surface area (Å²) >= 11 is 0. The van der Waals surface area contributed by atoms with Crippen molar-refractivity contribution in [2.24, 2.45) is 34.5 Å². The van der Waals surface area contributed by atoms with Crippen molar-refractivity contribution in [3.63, 3.8) is 0 Å². The van der Waals surface area contributed by atoms with Crippen LogP contribution in [0.25, 0.3) is 0 Å². The number of hydrogen-bond donors (Lipinski definition) is 1. The van der Waals surface area contributed by atoms with E-state index in [4.69, 9.17) is 0 Å². The smallest absolute Gasteiger partial charge is 0.0568 e. The minimum atomic E-state index is -0.140. The van der Waals surface area contributed by atoms with Gasteiger partial charge in [-0.05, 0) is 103 Å². The Bertz CT molecular complexity index is 655. The number of rotatable bonds is 5. The van der Waals surface area contributed by atoms with Gasteiger partial charge < -0.3 is 5.11 Å². The molecule has 0 aromatic carbocycles. The predicted octanol–water partition coefficient (Wildman–Crippen LogP) is 7.45. The zero-order chi connectivity index (χ0) is 20.1. The molecule has 1 saturated carbocycles. The molecule has 28 heavy (non-hydrogen) atoms. The van der Waals surface area contributed by atoms with Crippen molar-refractivity contribution in [1.82, 2.24) is 0 Å². The molecule has 158 valence electrons. The molecule has 0 radical (unpaired) electrons. The molecule has 0 aromatic heterocycles. The zero-order valence-electron chi connectivity index (χ0n) is 19.2. The second-order valence-electron chi connectivity index (χ2n) is 11.6. The van der Waals surface area contributed by atoms with Gasteiger partial charge in [0.2, 0.25) is 0 Å². The molecule has 0 saturated heterocycles. The van der Waals surface area contributed by atoms with Gasteiger partial charge in [-0.3, -0.25) is 0 Å². The molecule has 2 unspecified atom stereocenters. The van der Waals surface area contributed by atoms with Crippen molar-refractivity contribution in [2.45, 2.75) is 111 Å². The molecule has 0 heterocycles. The Morgan fingerprint density at radius 1 is 1.00 bits per heavy atom. The summed E-state index contributed by atoms with van der Waals surface area (Å²) < 4.78 is 0. The van der Waals surface area contributed by atoms with Gasteiger partial charge in [-0.1, -0.05) is 59.1 Å². The fourth-order valence-corrected chi connectivity index (χ4v) is 7.75. The summed E-state index contributed by atoms with van der Waals surface area (Å²) in [5.74, 6) is 2.65. The van der Waals surface area contributed by atoms with Crippen LogP contribution in [-0.4, -0.2) is 11.2 Å². The molecule has 4 aliphatic rings. The van der Waals surface area contributed by atoms with E-state index in [0.29, 0.717) is 28.6 Å². The highest BCUT2D eigenvalue weighted by Crippen LogP contribution is 2.64. The topological polar surface area (TPSA) is 20.2 Å². The highest BCUT2D eigenvalue weighted by atomic mass is 16.3. The summed E-state index contributed by atoms with van der Waals surface area (Å²) in [6.45, 7) is 12.0. The zero-order valence-corrected chi connectivity index (χ0v) is 19.2. The van der Waals surface area contributed by atoms with Crippen molar-refractivity contribution in [3.8, 4) is 0 Å². The molecule has 0 aromatic rings. The molecule has 0 amide bonds. The van der Waals surface area contributed by atoms with E-state index in [1.165, 1.54) is 57.8 Å². The summed E-state index contributed by atoms with van der Waals surface area (Å²) in [5.41, 5.74) is 6.15. The van der Waals surface area contributed by atoms with Gasteiger partial charge in [0.05, 0.1) is 6.10 Å². The lowest BCUT2D eigenvalue weighted by Crippen LogP contribution is -2.42. The Morgan fingerprint density at radius 3 is 2.54 bits per heavy atom. The second-order valence-corrected chi connectivity index (χ2v) is 11.6. The van der Waals surface area contributed by atoms with Crippen molar-refractivity contribution in [1.29, 1.82) is 0 Å². The van der Waals surface area contributed by atoms with Crippen LogP contribution >= 0.6 is 0 Å². The number of hydrogen-bond acceptors (Lipinski definition) is 1. The SMILES string of the molecule is CC(C)CCC(O)[C@@H](C)[C@H]1CC=C2C3=C(CC[C@@]21C)[C@@]1(C)CCCCC1CC3. The van der Waals surface area contributed by atoms with Gasteiger partial charge in [0, 0.05) is 0 Å². The van der Waals surface area contributed by atoms with E-state index in [2.05, 4.69) is 40.7 Å². The average molecular weight is 385 g/mol. The highest BCUT2D eigenvalue weighted by molar-refractivity contribution is 5.49. The van der Waals surface area contributed by atoms with Crippen LogP contribution in [0.5, 0.6) is 0 Å². The maximum Gasteiger partial charge on any atom is 0.0568 e. The van der Waals surface area contributed by atoms with Crippen molar-refractivity contribution >= 4 is 0 Å². The van der Waals surface area contributed by atoms with Crippen LogP contribution in [0, 0.1) is 34.5 Å². The van der Waals surface area contributed by atoms with Crippen LogP contribution in [0.2, 0.25) is 0 Å². The molecule has 0 aliphatic heterocycles. The third-order valence-electron chi connectivity index (χ3n) is 9.71. The Morgan fingerprint density at radius 2 is 1.79 bits per heavy atom. The van der Waals surface area contributed by atoms with Gasteiger partial charge in [-0.25, -0.2) is 0 Å². The summed E-state index contributed by atoms with van der Waals surface area (Å²) in [5, 5.41) is 10.9. The lowest BCUT2D eigenvalue weighted by molar-refractivity contribution is 0.0321. The second kappa shape index (κ2) is 7.60. The van der Waals surface area contributed by atoms with Gasteiger partial charge in [-0.2, -0.15) is 0 Å². The number of allylic oxidation sites excluding steroid dienone is 4. The van der Waals surface area contributed by atoms with Crippen molar-refractivity contribution in [3.05, 3.63) is 22.8 Å². The average Bonchev–Trinajstić information content (AvgIpc) is 3.02. The van der Waals surface area contributed by atoms with E-state index in [-0.39, 0.29) is 6.10 Å². The van der Waals surface area contributed by atoms with Crippen LogP contribution in [0.15, 0.2) is 22.8 Å². The molecule has 0 spiro atoms. The van der Waals surface area contributed by atoms with Crippen molar-refractivity contribution in [2.75, 3.05) is 0 Å². The third-order valence-corrected chi connectivity index (χ3v) is 9.71. The highest BCUT2D eigenvalue weighted by Gasteiger charge is 2.52. The van der Waals surface area contributed by atoms with E-state index in [9.17, 15) is 5.11 Å². The predicted molar refractivity (Wildman–Crippen MR) is 119 cm³/mol. The fraction of sp³-hybridized carbons (Fsp3) is 0.852. The summed E-state index contributed by atoms with van der Waals surface area (Å²) in [6.07, 6.45) is 16.9. The van der Waals surface area contributed by atoms with Crippen LogP contribution in [0.3, 0.4) is 0 Å². The molecule has 6 atom stereocenters. The first-order valence-electron chi connectivity index (χ1n) is 12.4. The number of aliphatic hydroxyl groups excluding tert-OH is 1. The first kappa shape index (κ1) is 20.7. The quantitative estimate of drug-likeness (QED) is 0.521. The first-order chi connectivity index (χ1) is 13.3. The van der Waals surface area contributed by atoms with Crippen LogP contribution < -0.4 is 0 Å². The van der Waals surface area contributed by atoms with Crippen LogP contribution in [0.1, 0.15) is 105 Å². The van der Waals surface area contributed by atoms with E-state index in [1.54, 1.807) is 11.1 Å². The maximum atomic E-state index is 10.9. The van der Waals surface area contributed by atoms with E-state index in [1.807, 2.05) is 5.57 Å². The Labute approximate surface area is 174 Å². The monoisotopic (exact) mass is 384 g/mol. The van der Waals surface area contributed by atoms with E-state index in [0.717, 1.165) is 18.8 Å². The third kappa shape index (κ3) is 3.24. The Balaban J connectivity index is 1.57. The summed E-state index contributed by atoms with van der Waals surface area (Å²) in [4.78, 5) is 0. The van der Waals surface area contributed by atoms with Crippen LogP contribution in [0.4, 0.5) is 0 Å². The molecule has 4 rings (SSSR count). The maximum absolute atomic E-state index is 10.9. The first-order valence-corrected chi connectivity index (χ1v) is 12.4. The fourth-order valence-electron chi connectivity index (χ4n) is 7.75. The van der Waals surface area contributed by atoms with E-state index < -0.39 is 0 Å².